The van der Waals surface area contributed by atoms with Crippen LogP contribution in [0.1, 0.15) is 17.3 Å². The van der Waals surface area contributed by atoms with Gasteiger partial charge in [0, 0.05) is 16.9 Å². The molecule has 1 heterocycles. The number of ether oxygens (including phenoxy) is 1. The molecule has 150 valence electrons. The van der Waals surface area contributed by atoms with E-state index in [2.05, 4.69) is 21.7 Å². The van der Waals surface area contributed by atoms with Crippen LogP contribution < -0.4 is 10.6 Å². The van der Waals surface area contributed by atoms with Crippen molar-refractivity contribution in [1.29, 1.82) is 0 Å². The SMILES string of the molecule is CCOC(=O)c1ccc(NC(=O)Nc2ccc(-c3nc4ccccc4s3)cc2)cc1. The van der Waals surface area contributed by atoms with E-state index in [-0.39, 0.29) is 12.0 Å². The fourth-order valence-corrected chi connectivity index (χ4v) is 3.86. The Kier molecular flexibility index (Phi) is 5.72. The number of urea groups is 1. The van der Waals surface area contributed by atoms with Crippen LogP contribution in [0.15, 0.2) is 72.8 Å². The topological polar surface area (TPSA) is 80.3 Å². The highest BCUT2D eigenvalue weighted by Gasteiger charge is 2.09. The maximum Gasteiger partial charge on any atom is 0.338 e. The van der Waals surface area contributed by atoms with Crippen LogP contribution in [-0.2, 0) is 4.74 Å². The van der Waals surface area contributed by atoms with E-state index in [0.29, 0.717) is 23.5 Å². The summed E-state index contributed by atoms with van der Waals surface area (Å²) in [5, 5.41) is 6.47. The summed E-state index contributed by atoms with van der Waals surface area (Å²) in [7, 11) is 0. The highest BCUT2D eigenvalue weighted by molar-refractivity contribution is 7.21. The minimum atomic E-state index is -0.387. The number of nitrogens with zero attached hydrogens (tertiary/aromatic N) is 1. The van der Waals surface area contributed by atoms with Crippen molar-refractivity contribution in [1.82, 2.24) is 4.98 Å². The third-order valence-electron chi connectivity index (χ3n) is 4.34. The van der Waals surface area contributed by atoms with Gasteiger partial charge in [-0.15, -0.1) is 11.3 Å². The van der Waals surface area contributed by atoms with Gasteiger partial charge in [-0.1, -0.05) is 12.1 Å². The largest absolute Gasteiger partial charge is 0.462 e. The van der Waals surface area contributed by atoms with E-state index < -0.39 is 0 Å². The van der Waals surface area contributed by atoms with Crippen molar-refractivity contribution in [2.24, 2.45) is 0 Å². The molecule has 4 aromatic rings. The lowest BCUT2D eigenvalue weighted by Gasteiger charge is -2.09. The molecule has 2 amide bonds. The van der Waals surface area contributed by atoms with E-state index in [0.717, 1.165) is 20.8 Å². The van der Waals surface area contributed by atoms with Crippen molar-refractivity contribution in [2.45, 2.75) is 6.92 Å². The number of thiazole rings is 1. The number of para-hydroxylation sites is 1. The van der Waals surface area contributed by atoms with E-state index in [9.17, 15) is 9.59 Å². The minimum Gasteiger partial charge on any atom is -0.462 e. The van der Waals surface area contributed by atoms with Crippen molar-refractivity contribution in [3.63, 3.8) is 0 Å². The molecule has 4 rings (SSSR count). The third kappa shape index (κ3) is 4.47. The molecule has 0 saturated carbocycles. The number of carbonyl (C=O) groups excluding carboxylic acids is 2. The molecule has 1 aromatic heterocycles. The van der Waals surface area contributed by atoms with Gasteiger partial charge in [-0.05, 0) is 67.6 Å². The fraction of sp³-hybridized carbons (Fsp3) is 0.0870. The summed E-state index contributed by atoms with van der Waals surface area (Å²) in [6.07, 6.45) is 0. The highest BCUT2D eigenvalue weighted by atomic mass is 32.1. The summed E-state index contributed by atoms with van der Waals surface area (Å²) in [5.74, 6) is -0.387. The zero-order chi connectivity index (χ0) is 20.9. The van der Waals surface area contributed by atoms with E-state index in [1.807, 2.05) is 42.5 Å². The number of fused-ring (bicyclic) bond motifs is 1. The second-order valence-electron chi connectivity index (χ2n) is 6.44. The molecule has 6 nitrogen and oxygen atoms in total. The number of hydrogen-bond donors (Lipinski definition) is 2. The van der Waals surface area contributed by atoms with Crippen molar-refractivity contribution < 1.29 is 14.3 Å². The Hall–Kier alpha value is -3.71. The van der Waals surface area contributed by atoms with Gasteiger partial charge in [0.2, 0.25) is 0 Å². The lowest BCUT2D eigenvalue weighted by Crippen LogP contribution is -2.19. The van der Waals surface area contributed by atoms with Crippen LogP contribution in [0.2, 0.25) is 0 Å². The second kappa shape index (κ2) is 8.75. The number of carbonyl (C=O) groups is 2. The van der Waals surface area contributed by atoms with Crippen molar-refractivity contribution in [3.05, 3.63) is 78.4 Å². The average molecular weight is 417 g/mol. The van der Waals surface area contributed by atoms with Crippen LogP contribution in [0, 0.1) is 0 Å². The van der Waals surface area contributed by atoms with Crippen LogP contribution in [0.3, 0.4) is 0 Å². The number of anilines is 2. The minimum absolute atomic E-state index is 0.318. The number of rotatable bonds is 5. The molecule has 7 heteroatoms. The molecule has 0 aliphatic rings. The molecular weight excluding hydrogens is 398 g/mol. The van der Waals surface area contributed by atoms with Crippen LogP contribution in [0.4, 0.5) is 16.2 Å². The van der Waals surface area contributed by atoms with E-state index in [1.54, 1.807) is 42.5 Å². The van der Waals surface area contributed by atoms with Gasteiger partial charge >= 0.3 is 12.0 Å². The van der Waals surface area contributed by atoms with Gasteiger partial charge in [-0.3, -0.25) is 0 Å². The summed E-state index contributed by atoms with van der Waals surface area (Å²) in [5.41, 5.74) is 3.66. The predicted octanol–water partition coefficient (Wildman–Crippen LogP) is 5.78. The first-order chi connectivity index (χ1) is 14.6. The monoisotopic (exact) mass is 417 g/mol. The Morgan fingerprint density at radius 3 is 2.17 bits per heavy atom. The summed E-state index contributed by atoms with van der Waals surface area (Å²) in [6, 6.07) is 21.7. The molecule has 0 saturated heterocycles. The summed E-state index contributed by atoms with van der Waals surface area (Å²) in [4.78, 5) is 28.6. The maximum absolute atomic E-state index is 12.3. The average Bonchev–Trinajstić information content (AvgIpc) is 3.19. The van der Waals surface area contributed by atoms with Gasteiger partial charge in [-0.2, -0.15) is 0 Å². The molecule has 0 unspecified atom stereocenters. The molecule has 0 atom stereocenters. The Balaban J connectivity index is 1.38. The first-order valence-corrected chi connectivity index (χ1v) is 10.3. The number of hydrogen-bond acceptors (Lipinski definition) is 5. The van der Waals surface area contributed by atoms with Crippen molar-refractivity contribution >= 4 is 44.9 Å². The van der Waals surface area contributed by atoms with Gasteiger partial charge in [0.25, 0.3) is 0 Å². The van der Waals surface area contributed by atoms with Gasteiger partial charge in [0.15, 0.2) is 0 Å². The lowest BCUT2D eigenvalue weighted by atomic mass is 10.2. The lowest BCUT2D eigenvalue weighted by molar-refractivity contribution is 0.0526. The Bertz CT molecular complexity index is 1150. The zero-order valence-electron chi connectivity index (χ0n) is 16.2. The third-order valence-corrected chi connectivity index (χ3v) is 5.42. The van der Waals surface area contributed by atoms with Crippen LogP contribution in [0.5, 0.6) is 0 Å². The quantitative estimate of drug-likeness (QED) is 0.403. The molecule has 0 aliphatic carbocycles. The zero-order valence-corrected chi connectivity index (χ0v) is 17.0. The summed E-state index contributed by atoms with van der Waals surface area (Å²) in [6.45, 7) is 2.07. The summed E-state index contributed by atoms with van der Waals surface area (Å²) >= 11 is 1.63. The van der Waals surface area contributed by atoms with E-state index in [4.69, 9.17) is 4.74 Å². The Morgan fingerprint density at radius 1 is 0.900 bits per heavy atom. The molecule has 0 fully saturated rings. The molecule has 3 aromatic carbocycles. The number of benzene rings is 3. The number of aromatic nitrogens is 1. The van der Waals surface area contributed by atoms with Crippen LogP contribution in [-0.4, -0.2) is 23.6 Å². The van der Waals surface area contributed by atoms with E-state index in [1.165, 1.54) is 0 Å². The smallest absolute Gasteiger partial charge is 0.338 e. The molecule has 0 radical (unpaired) electrons. The molecule has 0 spiro atoms. The number of esters is 1. The van der Waals surface area contributed by atoms with Gasteiger partial charge in [0.05, 0.1) is 22.4 Å². The summed E-state index contributed by atoms with van der Waals surface area (Å²) < 4.78 is 6.09. The van der Waals surface area contributed by atoms with Gasteiger partial charge in [-0.25, -0.2) is 14.6 Å². The van der Waals surface area contributed by atoms with E-state index >= 15 is 0 Å². The number of amides is 2. The normalized spacial score (nSPS) is 10.6. The van der Waals surface area contributed by atoms with Crippen molar-refractivity contribution in [2.75, 3.05) is 17.2 Å². The maximum atomic E-state index is 12.3. The first-order valence-electron chi connectivity index (χ1n) is 9.43. The second-order valence-corrected chi connectivity index (χ2v) is 7.47. The standard InChI is InChI=1S/C23H19N3O3S/c1-2-29-22(27)16-9-13-18(14-10-16)25-23(28)24-17-11-7-15(8-12-17)21-26-19-5-3-4-6-20(19)30-21/h3-14H,2H2,1H3,(H2,24,25,28). The molecular formula is C23H19N3O3S. The van der Waals surface area contributed by atoms with Crippen LogP contribution in [0.25, 0.3) is 20.8 Å². The molecule has 0 bridgehead atoms. The van der Waals surface area contributed by atoms with Crippen LogP contribution >= 0.6 is 11.3 Å². The Labute approximate surface area is 177 Å². The molecule has 30 heavy (non-hydrogen) atoms. The fourth-order valence-electron chi connectivity index (χ4n) is 2.89. The highest BCUT2D eigenvalue weighted by Crippen LogP contribution is 2.30. The predicted molar refractivity (Wildman–Crippen MR) is 120 cm³/mol. The molecule has 0 aliphatic heterocycles. The Morgan fingerprint density at radius 2 is 1.53 bits per heavy atom. The molecule has 2 N–H and O–H groups in total. The number of nitrogens with one attached hydrogen (secondary N) is 2. The first kappa shape index (κ1) is 19.6. The van der Waals surface area contributed by atoms with Gasteiger partial charge < -0.3 is 15.4 Å². The van der Waals surface area contributed by atoms with Gasteiger partial charge in [0.1, 0.15) is 5.01 Å². The van der Waals surface area contributed by atoms with Crippen molar-refractivity contribution in [3.8, 4) is 10.6 Å².